The smallest absolute Gasteiger partial charge is 0.207 e. The van der Waals surface area contributed by atoms with Gasteiger partial charge < -0.3 is 0 Å². The average Bonchev–Trinajstić information content (AvgIpc) is 2.53. The summed E-state index contributed by atoms with van der Waals surface area (Å²) >= 11 is 0. The Balaban J connectivity index is 1.91. The summed E-state index contributed by atoms with van der Waals surface area (Å²) in [6.07, 6.45) is 0. The van der Waals surface area contributed by atoms with Gasteiger partial charge in [0.1, 0.15) is 0 Å². The van der Waals surface area contributed by atoms with Crippen LogP contribution in [0.2, 0.25) is 0 Å². The maximum Gasteiger partial charge on any atom is 0.241 e. The van der Waals surface area contributed by atoms with Crippen LogP contribution in [0.1, 0.15) is 29.7 Å². The second-order valence-corrected chi connectivity index (χ2v) is 7.93. The van der Waals surface area contributed by atoms with E-state index in [0.29, 0.717) is 0 Å². The van der Waals surface area contributed by atoms with E-state index in [1.165, 1.54) is 5.56 Å². The molecule has 0 spiro atoms. The summed E-state index contributed by atoms with van der Waals surface area (Å²) in [6, 6.07) is 18.7. The molecule has 0 saturated carbocycles. The predicted octanol–water partition coefficient (Wildman–Crippen LogP) is 4.50. The zero-order chi connectivity index (χ0) is 17.3. The van der Waals surface area contributed by atoms with E-state index in [-0.39, 0.29) is 10.9 Å². The van der Waals surface area contributed by atoms with Crippen LogP contribution < -0.4 is 4.72 Å². The molecule has 0 unspecified atom stereocenters. The van der Waals surface area contributed by atoms with Gasteiger partial charge in [0, 0.05) is 6.04 Å². The predicted molar refractivity (Wildman–Crippen MR) is 98.6 cm³/mol. The van der Waals surface area contributed by atoms with Crippen LogP contribution in [0.4, 0.5) is 0 Å². The van der Waals surface area contributed by atoms with Crippen molar-refractivity contribution in [3.05, 3.63) is 77.4 Å². The lowest BCUT2D eigenvalue weighted by Crippen LogP contribution is -2.27. The molecule has 24 heavy (non-hydrogen) atoms. The monoisotopic (exact) mass is 339 g/mol. The Morgan fingerprint density at radius 2 is 1.58 bits per heavy atom. The maximum absolute atomic E-state index is 12.7. The number of nitrogens with one attached hydrogen (secondary N) is 1. The minimum Gasteiger partial charge on any atom is -0.207 e. The lowest BCUT2D eigenvalue weighted by molar-refractivity contribution is 0.566. The number of hydrogen-bond acceptors (Lipinski definition) is 2. The highest BCUT2D eigenvalue weighted by atomic mass is 32.2. The van der Waals surface area contributed by atoms with E-state index in [0.717, 1.165) is 21.9 Å². The first kappa shape index (κ1) is 16.7. The molecule has 0 aliphatic rings. The van der Waals surface area contributed by atoms with E-state index >= 15 is 0 Å². The van der Waals surface area contributed by atoms with Crippen LogP contribution in [-0.4, -0.2) is 8.42 Å². The average molecular weight is 339 g/mol. The fourth-order valence-electron chi connectivity index (χ4n) is 3.01. The van der Waals surface area contributed by atoms with Crippen molar-refractivity contribution in [2.75, 3.05) is 0 Å². The van der Waals surface area contributed by atoms with Gasteiger partial charge in [-0.3, -0.25) is 0 Å². The first-order valence-electron chi connectivity index (χ1n) is 7.95. The SMILES string of the molecule is Cc1ccc([C@@H](C)NS(=O)(=O)c2ccc3ccccc3c2)c(C)c1. The van der Waals surface area contributed by atoms with Crippen LogP contribution in [0.5, 0.6) is 0 Å². The first-order valence-corrected chi connectivity index (χ1v) is 9.43. The number of fused-ring (bicyclic) bond motifs is 1. The van der Waals surface area contributed by atoms with Crippen molar-refractivity contribution in [1.82, 2.24) is 4.72 Å². The molecule has 0 aromatic heterocycles. The van der Waals surface area contributed by atoms with Crippen LogP contribution in [0, 0.1) is 13.8 Å². The molecule has 0 fully saturated rings. The molecule has 0 heterocycles. The van der Waals surface area contributed by atoms with Gasteiger partial charge in [-0.1, -0.05) is 54.1 Å². The highest BCUT2D eigenvalue weighted by molar-refractivity contribution is 7.89. The van der Waals surface area contributed by atoms with Gasteiger partial charge >= 0.3 is 0 Å². The summed E-state index contributed by atoms with van der Waals surface area (Å²) in [7, 11) is -3.58. The topological polar surface area (TPSA) is 46.2 Å². The first-order chi connectivity index (χ1) is 11.4. The van der Waals surface area contributed by atoms with E-state index in [1.54, 1.807) is 12.1 Å². The lowest BCUT2D eigenvalue weighted by atomic mass is 10.0. The number of sulfonamides is 1. The van der Waals surface area contributed by atoms with Crippen LogP contribution in [0.25, 0.3) is 10.8 Å². The summed E-state index contributed by atoms with van der Waals surface area (Å²) in [5, 5.41) is 1.94. The zero-order valence-electron chi connectivity index (χ0n) is 14.1. The van der Waals surface area contributed by atoms with Gasteiger partial charge in [0.05, 0.1) is 4.90 Å². The Morgan fingerprint density at radius 1 is 0.875 bits per heavy atom. The zero-order valence-corrected chi connectivity index (χ0v) is 14.9. The second-order valence-electron chi connectivity index (χ2n) is 6.21. The van der Waals surface area contributed by atoms with E-state index < -0.39 is 10.0 Å². The molecule has 0 aliphatic heterocycles. The van der Waals surface area contributed by atoms with Gasteiger partial charge in [-0.2, -0.15) is 0 Å². The molecule has 0 radical (unpaired) electrons. The van der Waals surface area contributed by atoms with E-state index in [2.05, 4.69) is 10.8 Å². The summed E-state index contributed by atoms with van der Waals surface area (Å²) in [5.74, 6) is 0. The third-order valence-corrected chi connectivity index (χ3v) is 5.79. The van der Waals surface area contributed by atoms with Gasteiger partial charge in [-0.15, -0.1) is 0 Å². The Kier molecular flexibility index (Phi) is 4.43. The minimum absolute atomic E-state index is 0.290. The Morgan fingerprint density at radius 3 is 2.29 bits per heavy atom. The molecule has 0 aliphatic carbocycles. The van der Waals surface area contributed by atoms with Crippen molar-refractivity contribution < 1.29 is 8.42 Å². The van der Waals surface area contributed by atoms with Crippen molar-refractivity contribution in [3.8, 4) is 0 Å². The molecule has 0 bridgehead atoms. The second kappa shape index (κ2) is 6.38. The summed E-state index contributed by atoms with van der Waals surface area (Å²) in [4.78, 5) is 0.290. The van der Waals surface area contributed by atoms with Crippen molar-refractivity contribution in [2.45, 2.75) is 31.7 Å². The molecule has 0 saturated heterocycles. The Labute approximate surface area is 143 Å². The number of benzene rings is 3. The third kappa shape index (κ3) is 3.35. The van der Waals surface area contributed by atoms with Gasteiger partial charge in [0.2, 0.25) is 10.0 Å². The van der Waals surface area contributed by atoms with Gasteiger partial charge in [-0.05, 0) is 54.8 Å². The maximum atomic E-state index is 12.7. The summed E-state index contributed by atoms with van der Waals surface area (Å²) in [6.45, 7) is 5.90. The quantitative estimate of drug-likeness (QED) is 0.761. The summed E-state index contributed by atoms with van der Waals surface area (Å²) < 4.78 is 28.2. The van der Waals surface area contributed by atoms with Crippen molar-refractivity contribution in [3.63, 3.8) is 0 Å². The lowest BCUT2D eigenvalue weighted by Gasteiger charge is -2.17. The molecular formula is C20H21NO2S. The number of hydrogen-bond donors (Lipinski definition) is 1. The molecule has 3 nitrogen and oxygen atoms in total. The number of aryl methyl sites for hydroxylation is 2. The number of rotatable bonds is 4. The van der Waals surface area contributed by atoms with Crippen LogP contribution in [0.3, 0.4) is 0 Å². The van der Waals surface area contributed by atoms with Crippen LogP contribution >= 0.6 is 0 Å². The van der Waals surface area contributed by atoms with Crippen LogP contribution in [0.15, 0.2) is 65.6 Å². The normalized spacial score (nSPS) is 13.1. The highest BCUT2D eigenvalue weighted by Gasteiger charge is 2.19. The summed E-state index contributed by atoms with van der Waals surface area (Å²) in [5.41, 5.74) is 3.24. The van der Waals surface area contributed by atoms with Gasteiger partial charge in [0.25, 0.3) is 0 Å². The molecule has 3 rings (SSSR count). The molecule has 3 aromatic carbocycles. The minimum atomic E-state index is -3.58. The third-order valence-electron chi connectivity index (χ3n) is 4.25. The van der Waals surface area contributed by atoms with Gasteiger partial charge in [-0.25, -0.2) is 13.1 Å². The fraction of sp³-hybridized carbons (Fsp3) is 0.200. The largest absolute Gasteiger partial charge is 0.241 e. The van der Waals surface area contributed by atoms with Crippen LogP contribution in [-0.2, 0) is 10.0 Å². The molecule has 4 heteroatoms. The Bertz CT molecular complexity index is 993. The van der Waals surface area contributed by atoms with E-state index in [4.69, 9.17) is 0 Å². The highest BCUT2D eigenvalue weighted by Crippen LogP contribution is 2.23. The molecule has 3 aromatic rings. The molecule has 0 amide bonds. The Hall–Kier alpha value is -2.17. The molecule has 1 N–H and O–H groups in total. The molecule has 124 valence electrons. The fourth-order valence-corrected chi connectivity index (χ4v) is 4.27. The molecule has 1 atom stereocenters. The van der Waals surface area contributed by atoms with Crippen molar-refractivity contribution in [1.29, 1.82) is 0 Å². The standard InChI is InChI=1S/C20H21NO2S/c1-14-8-11-20(15(2)12-14)16(3)21-24(22,23)19-10-9-17-6-4-5-7-18(17)13-19/h4-13,16,21H,1-3H3/t16-/m1/s1. The van der Waals surface area contributed by atoms with Crippen molar-refractivity contribution >= 4 is 20.8 Å². The molecular weight excluding hydrogens is 318 g/mol. The van der Waals surface area contributed by atoms with Gasteiger partial charge in [0.15, 0.2) is 0 Å². The van der Waals surface area contributed by atoms with E-state index in [1.807, 2.05) is 63.2 Å². The van der Waals surface area contributed by atoms with E-state index in [9.17, 15) is 8.42 Å². The van der Waals surface area contributed by atoms with Crippen molar-refractivity contribution in [2.24, 2.45) is 0 Å².